The number of phosphoric ester groups is 1. The maximum atomic E-state index is 13.9. The molecule has 0 aliphatic heterocycles. The Morgan fingerprint density at radius 3 is 1.74 bits per heavy atom. The highest BCUT2D eigenvalue weighted by Crippen LogP contribution is 2.51. The molecule has 5 heteroatoms. The largest absolute Gasteiger partial charge is 0.530 e. The van der Waals surface area contributed by atoms with Gasteiger partial charge in [-0.3, -0.25) is 9.05 Å². The van der Waals surface area contributed by atoms with E-state index in [2.05, 4.69) is 40.7 Å². The Hall–Kier alpha value is -0.830. The average Bonchev–Trinajstić information content (AvgIpc) is 2.87. The minimum Gasteiger partial charge on any atom is -0.404 e. The fourth-order valence-corrected chi connectivity index (χ4v) is 5.68. The lowest BCUT2D eigenvalue weighted by Crippen LogP contribution is -2.15. The van der Waals surface area contributed by atoms with E-state index in [0.717, 1.165) is 69.8 Å². The van der Waals surface area contributed by atoms with E-state index in [1.54, 1.807) is 0 Å². The van der Waals surface area contributed by atoms with E-state index >= 15 is 0 Å². The molecule has 1 aromatic rings. The first-order valence-corrected chi connectivity index (χ1v) is 16.1. The lowest BCUT2D eigenvalue weighted by atomic mass is 10.0. The molecule has 1 aromatic carbocycles. The van der Waals surface area contributed by atoms with Crippen LogP contribution in [0.1, 0.15) is 130 Å². The van der Waals surface area contributed by atoms with Crippen LogP contribution in [0, 0.1) is 11.8 Å². The highest BCUT2D eigenvalue weighted by molar-refractivity contribution is 7.48. The standard InChI is InChI=1S/C30H55O4P/c1-6-11-14-15-16-17-22-29-23-18-19-24-30(29)34-35(31,32-25-27(9-4)20-12-7-2)33-26-28(10-5)21-13-8-3/h18-19,23-24,27-28H,6-17,20-22,25-26H2,1-5H3. The van der Waals surface area contributed by atoms with E-state index in [4.69, 9.17) is 13.6 Å². The van der Waals surface area contributed by atoms with E-state index in [1.807, 2.05) is 18.2 Å². The zero-order valence-electron chi connectivity index (χ0n) is 23.6. The smallest absolute Gasteiger partial charge is 0.404 e. The topological polar surface area (TPSA) is 44.8 Å². The molecule has 204 valence electrons. The minimum absolute atomic E-state index is 0.371. The lowest BCUT2D eigenvalue weighted by Gasteiger charge is -2.24. The molecule has 35 heavy (non-hydrogen) atoms. The molecule has 0 saturated heterocycles. The molecule has 0 aliphatic carbocycles. The maximum Gasteiger partial charge on any atom is 0.530 e. The third-order valence-corrected chi connectivity index (χ3v) is 8.36. The summed E-state index contributed by atoms with van der Waals surface area (Å²) in [7, 11) is -3.72. The van der Waals surface area contributed by atoms with Crippen LogP contribution in [-0.4, -0.2) is 13.2 Å². The number of hydrogen-bond acceptors (Lipinski definition) is 4. The Balaban J connectivity index is 2.88. The number of rotatable bonds is 23. The van der Waals surface area contributed by atoms with Gasteiger partial charge in [-0.25, -0.2) is 4.57 Å². The fraction of sp³-hybridized carbons (Fsp3) is 0.800. The molecule has 0 spiro atoms. The van der Waals surface area contributed by atoms with E-state index in [9.17, 15) is 4.57 Å². The molecule has 0 radical (unpaired) electrons. The predicted molar refractivity (Wildman–Crippen MR) is 150 cm³/mol. The summed E-state index contributed by atoms with van der Waals surface area (Å²) < 4.78 is 32.1. The molecule has 2 atom stereocenters. The van der Waals surface area contributed by atoms with Crippen LogP contribution in [-0.2, 0) is 20.0 Å². The third kappa shape index (κ3) is 14.5. The Labute approximate surface area is 217 Å². The molecule has 2 unspecified atom stereocenters. The van der Waals surface area contributed by atoms with E-state index in [-0.39, 0.29) is 0 Å². The maximum absolute atomic E-state index is 13.9. The first-order chi connectivity index (χ1) is 17.0. The first kappa shape index (κ1) is 32.2. The summed E-state index contributed by atoms with van der Waals surface area (Å²) in [4.78, 5) is 0. The monoisotopic (exact) mass is 510 g/mol. The normalized spacial score (nSPS) is 15.0. The molecule has 4 nitrogen and oxygen atoms in total. The highest BCUT2D eigenvalue weighted by Gasteiger charge is 2.31. The van der Waals surface area contributed by atoms with Crippen molar-refractivity contribution >= 4 is 7.82 Å². The van der Waals surface area contributed by atoms with Gasteiger partial charge in [0.2, 0.25) is 0 Å². The lowest BCUT2D eigenvalue weighted by molar-refractivity contribution is 0.115. The van der Waals surface area contributed by atoms with Crippen molar-refractivity contribution in [2.75, 3.05) is 13.2 Å². The number of para-hydroxylation sites is 1. The molecule has 0 amide bonds. The first-order valence-electron chi connectivity index (χ1n) is 14.7. The summed E-state index contributed by atoms with van der Waals surface area (Å²) in [5, 5.41) is 0. The second-order valence-electron chi connectivity index (χ2n) is 10.1. The molecule has 0 N–H and O–H groups in total. The van der Waals surface area contributed by atoms with Crippen LogP contribution in [0.15, 0.2) is 24.3 Å². The van der Waals surface area contributed by atoms with Crippen LogP contribution < -0.4 is 4.52 Å². The van der Waals surface area contributed by atoms with Gasteiger partial charge in [0.05, 0.1) is 13.2 Å². The SMILES string of the molecule is CCCCCCCCc1ccccc1OP(=O)(OCC(CC)CCCC)OCC(CC)CCCC. The molecule has 0 heterocycles. The minimum atomic E-state index is -3.72. The van der Waals surface area contributed by atoms with Crippen molar-refractivity contribution in [2.24, 2.45) is 11.8 Å². The van der Waals surface area contributed by atoms with Gasteiger partial charge in [-0.2, -0.15) is 0 Å². The second kappa shape index (κ2) is 20.3. The van der Waals surface area contributed by atoms with Gasteiger partial charge in [-0.1, -0.05) is 123 Å². The number of aryl methyl sites for hydroxylation is 1. The van der Waals surface area contributed by atoms with Crippen LogP contribution in [0.4, 0.5) is 0 Å². The van der Waals surface area contributed by atoms with Crippen LogP contribution in [0.25, 0.3) is 0 Å². The van der Waals surface area contributed by atoms with Crippen molar-refractivity contribution in [2.45, 2.75) is 131 Å². The zero-order valence-corrected chi connectivity index (χ0v) is 24.5. The van der Waals surface area contributed by atoms with Crippen molar-refractivity contribution in [1.29, 1.82) is 0 Å². The number of phosphoric acid groups is 1. The average molecular weight is 511 g/mol. The van der Waals surface area contributed by atoms with Crippen molar-refractivity contribution in [3.8, 4) is 5.75 Å². The Kier molecular flexibility index (Phi) is 18.6. The van der Waals surface area contributed by atoms with Gasteiger partial charge in [0, 0.05) is 0 Å². The molecule has 0 bridgehead atoms. The summed E-state index contributed by atoms with van der Waals surface area (Å²) in [6, 6.07) is 7.96. The summed E-state index contributed by atoms with van der Waals surface area (Å²) in [5.41, 5.74) is 1.09. The van der Waals surface area contributed by atoms with Crippen molar-refractivity contribution in [3.63, 3.8) is 0 Å². The summed E-state index contributed by atoms with van der Waals surface area (Å²) >= 11 is 0. The van der Waals surface area contributed by atoms with Gasteiger partial charge in [-0.15, -0.1) is 0 Å². The summed E-state index contributed by atoms with van der Waals surface area (Å²) in [6.07, 6.45) is 17.2. The Morgan fingerprint density at radius 1 is 0.686 bits per heavy atom. The molecular weight excluding hydrogens is 455 g/mol. The second-order valence-corrected chi connectivity index (χ2v) is 11.7. The zero-order chi connectivity index (χ0) is 25.8. The van der Waals surface area contributed by atoms with E-state index in [1.165, 1.54) is 32.1 Å². The Bertz CT molecular complexity index is 654. The molecular formula is C30H55O4P. The van der Waals surface area contributed by atoms with Crippen molar-refractivity contribution < 1.29 is 18.1 Å². The van der Waals surface area contributed by atoms with Gasteiger partial charge in [0.25, 0.3) is 0 Å². The van der Waals surface area contributed by atoms with Crippen molar-refractivity contribution in [1.82, 2.24) is 0 Å². The molecule has 0 aliphatic rings. The van der Waals surface area contributed by atoms with Crippen LogP contribution in [0.5, 0.6) is 5.75 Å². The molecule has 0 aromatic heterocycles. The van der Waals surface area contributed by atoms with E-state index < -0.39 is 7.82 Å². The fourth-order valence-electron chi connectivity index (χ4n) is 4.30. The van der Waals surface area contributed by atoms with Crippen LogP contribution >= 0.6 is 7.82 Å². The summed E-state index contributed by atoms with van der Waals surface area (Å²) in [6.45, 7) is 11.8. The van der Waals surface area contributed by atoms with Crippen LogP contribution in [0.3, 0.4) is 0 Å². The van der Waals surface area contributed by atoms with E-state index in [0.29, 0.717) is 30.8 Å². The van der Waals surface area contributed by atoms with Gasteiger partial charge in [0.1, 0.15) is 5.75 Å². The highest BCUT2D eigenvalue weighted by atomic mass is 31.2. The van der Waals surface area contributed by atoms with Gasteiger partial charge in [0.15, 0.2) is 0 Å². The Morgan fingerprint density at radius 2 is 1.20 bits per heavy atom. The van der Waals surface area contributed by atoms with Gasteiger partial charge < -0.3 is 4.52 Å². The third-order valence-electron chi connectivity index (χ3n) is 7.01. The quantitative estimate of drug-likeness (QED) is 0.108. The van der Waals surface area contributed by atoms with Gasteiger partial charge in [-0.05, 0) is 49.1 Å². The number of unbranched alkanes of at least 4 members (excludes halogenated alkanes) is 7. The number of hydrogen-bond donors (Lipinski definition) is 0. The molecule has 1 rings (SSSR count). The van der Waals surface area contributed by atoms with Gasteiger partial charge >= 0.3 is 7.82 Å². The summed E-state index contributed by atoms with van der Waals surface area (Å²) in [5.74, 6) is 1.39. The molecule has 0 saturated carbocycles. The molecule has 0 fully saturated rings. The van der Waals surface area contributed by atoms with Crippen LogP contribution in [0.2, 0.25) is 0 Å². The van der Waals surface area contributed by atoms with Crippen molar-refractivity contribution in [3.05, 3.63) is 29.8 Å². The predicted octanol–water partition coefficient (Wildman–Crippen LogP) is 10.5. The number of benzene rings is 1.